The van der Waals surface area contributed by atoms with Crippen LogP contribution in [-0.2, 0) is 21.4 Å². The van der Waals surface area contributed by atoms with Crippen LogP contribution in [0, 0.1) is 13.8 Å². The third-order valence-electron chi connectivity index (χ3n) is 7.61. The van der Waals surface area contributed by atoms with Crippen LogP contribution in [0.2, 0.25) is 0 Å². The summed E-state index contributed by atoms with van der Waals surface area (Å²) in [5.74, 6) is -0.174. The predicted molar refractivity (Wildman–Crippen MR) is 192 cm³/mol. The van der Waals surface area contributed by atoms with Crippen LogP contribution >= 0.6 is 0 Å². The molecule has 5 aromatic rings. The lowest BCUT2D eigenvalue weighted by molar-refractivity contribution is -0.106. The molecule has 1 fully saturated rings. The van der Waals surface area contributed by atoms with E-state index in [0.717, 1.165) is 55.3 Å². The first kappa shape index (κ1) is 35.3. The monoisotopic (exact) mass is 649 g/mol. The van der Waals surface area contributed by atoms with E-state index >= 15 is 0 Å². The number of aryl methyl sites for hydroxylation is 3. The Kier molecular flexibility index (Phi) is 13.7. The molecule has 1 aliphatic heterocycles. The van der Waals surface area contributed by atoms with Crippen molar-refractivity contribution < 1.29 is 19.1 Å². The molecule has 0 aliphatic carbocycles. The number of carbonyl (C=O) groups excluding carboxylic acids is 3. The number of morpholine rings is 1. The number of aromatic amines is 1. The second-order valence-corrected chi connectivity index (χ2v) is 11.2. The van der Waals surface area contributed by atoms with E-state index in [1.165, 1.54) is 16.5 Å². The number of hydrogen-bond donors (Lipinski definition) is 4. The van der Waals surface area contributed by atoms with Crippen molar-refractivity contribution in [1.82, 2.24) is 24.8 Å². The summed E-state index contributed by atoms with van der Waals surface area (Å²) in [7, 11) is 1.94. The highest BCUT2D eigenvalue weighted by Crippen LogP contribution is 2.15. The van der Waals surface area contributed by atoms with Crippen molar-refractivity contribution in [3.8, 4) is 0 Å². The average Bonchev–Trinajstić information content (AvgIpc) is 3.71. The third kappa shape index (κ3) is 11.4. The summed E-state index contributed by atoms with van der Waals surface area (Å²) >= 11 is 0. The van der Waals surface area contributed by atoms with Gasteiger partial charge in [-0.15, -0.1) is 0 Å². The molecule has 3 amide bonds. The number of amides is 3. The van der Waals surface area contributed by atoms with Crippen molar-refractivity contribution in [2.24, 2.45) is 7.05 Å². The number of benzene rings is 2. The van der Waals surface area contributed by atoms with Crippen molar-refractivity contribution in [3.05, 3.63) is 113 Å². The SMILES string of the molecule is Cc1cc(NC=O)cn1C.Cc1ccc(/C=C/c2cnc3ccccc3c2)cc1.O=CNc1c[nH]c(C(=O)NCCN2CCOCC2)c1. The summed E-state index contributed by atoms with van der Waals surface area (Å²) in [6, 6.07) is 22.3. The van der Waals surface area contributed by atoms with E-state index in [4.69, 9.17) is 4.74 Å². The van der Waals surface area contributed by atoms with Crippen LogP contribution in [0.15, 0.2) is 85.3 Å². The standard InChI is InChI=1S/C18H15N.C12H18N4O3.C7H10N2O/c1-14-6-8-15(9-7-14)10-11-16-12-17-4-2-3-5-18(17)19-13-16;17-9-15-10-7-11(14-8-10)12(18)13-1-2-16-3-5-19-6-4-16;1-6-3-7(8-5-10)4-9(6)2/h2-13H,1H3;7-9,14H,1-6H2,(H,13,18)(H,15,17);3-5H,1-2H3,(H,8,10)/b11-10+;;. The molecule has 11 nitrogen and oxygen atoms in total. The molecule has 0 saturated carbocycles. The number of hydrogen-bond acceptors (Lipinski definition) is 6. The maximum absolute atomic E-state index is 11.8. The summed E-state index contributed by atoms with van der Waals surface area (Å²) in [6.45, 7) is 8.81. The van der Waals surface area contributed by atoms with Crippen molar-refractivity contribution >= 4 is 53.2 Å². The van der Waals surface area contributed by atoms with Crippen molar-refractivity contribution in [1.29, 1.82) is 0 Å². The molecule has 2 aromatic carbocycles. The van der Waals surface area contributed by atoms with E-state index in [0.29, 0.717) is 30.7 Å². The number of nitrogens with one attached hydrogen (secondary N) is 4. The van der Waals surface area contributed by atoms with Crippen molar-refractivity contribution in [2.75, 3.05) is 50.0 Å². The highest BCUT2D eigenvalue weighted by molar-refractivity contribution is 5.94. The molecule has 4 N–H and O–H groups in total. The van der Waals surface area contributed by atoms with E-state index in [1.54, 1.807) is 12.3 Å². The Balaban J connectivity index is 0.000000171. The number of anilines is 2. The normalized spacial score (nSPS) is 12.7. The highest BCUT2D eigenvalue weighted by Gasteiger charge is 2.12. The van der Waals surface area contributed by atoms with Gasteiger partial charge in [-0.25, -0.2) is 0 Å². The summed E-state index contributed by atoms with van der Waals surface area (Å²) in [6.07, 6.45) is 10.8. The Morgan fingerprint density at radius 1 is 0.917 bits per heavy atom. The Hall–Kier alpha value is -5.52. The summed E-state index contributed by atoms with van der Waals surface area (Å²) in [4.78, 5) is 41.6. The number of aromatic nitrogens is 3. The van der Waals surface area contributed by atoms with Gasteiger partial charge in [0.1, 0.15) is 5.69 Å². The van der Waals surface area contributed by atoms with Gasteiger partial charge < -0.3 is 30.2 Å². The number of H-pyrrole nitrogens is 1. The second kappa shape index (κ2) is 18.6. The van der Waals surface area contributed by atoms with Gasteiger partial charge in [0, 0.05) is 62.9 Å². The maximum atomic E-state index is 11.8. The van der Waals surface area contributed by atoms with Gasteiger partial charge in [-0.2, -0.15) is 0 Å². The fraction of sp³-hybridized carbons (Fsp3) is 0.243. The molecular weight excluding hydrogens is 606 g/mol. The van der Waals surface area contributed by atoms with E-state index in [9.17, 15) is 14.4 Å². The van der Waals surface area contributed by atoms with Crippen LogP contribution in [-0.4, -0.2) is 77.6 Å². The molecule has 0 radical (unpaired) electrons. The van der Waals surface area contributed by atoms with Gasteiger partial charge in [-0.05, 0) is 49.2 Å². The number of ether oxygens (including phenoxy) is 1. The van der Waals surface area contributed by atoms with E-state index in [-0.39, 0.29) is 5.91 Å². The lowest BCUT2D eigenvalue weighted by atomic mass is 10.1. The molecule has 3 aromatic heterocycles. The van der Waals surface area contributed by atoms with Crippen molar-refractivity contribution in [3.63, 3.8) is 0 Å². The van der Waals surface area contributed by atoms with Gasteiger partial charge in [0.15, 0.2) is 0 Å². The molecule has 0 atom stereocenters. The highest BCUT2D eigenvalue weighted by atomic mass is 16.5. The van der Waals surface area contributed by atoms with Crippen molar-refractivity contribution in [2.45, 2.75) is 13.8 Å². The van der Waals surface area contributed by atoms with Crippen LogP contribution in [0.25, 0.3) is 23.1 Å². The van der Waals surface area contributed by atoms with Gasteiger partial charge >= 0.3 is 0 Å². The minimum Gasteiger partial charge on any atom is -0.379 e. The topological polar surface area (TPSA) is 133 Å². The quantitative estimate of drug-likeness (QED) is 0.153. The molecule has 0 bridgehead atoms. The van der Waals surface area contributed by atoms with E-state index < -0.39 is 0 Å². The minimum atomic E-state index is -0.174. The summed E-state index contributed by atoms with van der Waals surface area (Å²) < 4.78 is 7.20. The maximum Gasteiger partial charge on any atom is 0.267 e. The molecule has 11 heteroatoms. The molecule has 250 valence electrons. The van der Waals surface area contributed by atoms with E-state index in [1.807, 2.05) is 55.2 Å². The Labute approximate surface area is 281 Å². The smallest absolute Gasteiger partial charge is 0.267 e. The molecule has 0 unspecified atom stereocenters. The largest absolute Gasteiger partial charge is 0.379 e. The molecule has 0 spiro atoms. The van der Waals surface area contributed by atoms with Gasteiger partial charge in [0.2, 0.25) is 12.8 Å². The van der Waals surface area contributed by atoms with Crippen LogP contribution in [0.3, 0.4) is 0 Å². The number of carbonyl (C=O) groups is 3. The van der Waals surface area contributed by atoms with Crippen LogP contribution in [0.1, 0.15) is 32.9 Å². The molecule has 1 saturated heterocycles. The molecule has 48 heavy (non-hydrogen) atoms. The van der Waals surface area contributed by atoms with E-state index in [2.05, 4.69) is 86.3 Å². The fourth-order valence-corrected chi connectivity index (χ4v) is 4.80. The van der Waals surface area contributed by atoms with Gasteiger partial charge in [-0.1, -0.05) is 60.2 Å². The molecule has 1 aliphatic rings. The number of pyridine rings is 1. The molecule has 6 rings (SSSR count). The lowest BCUT2D eigenvalue weighted by Crippen LogP contribution is -2.41. The Morgan fingerprint density at radius 3 is 2.33 bits per heavy atom. The molecular formula is C37H43N7O4. The number of nitrogens with zero attached hydrogens (tertiary/aromatic N) is 3. The summed E-state index contributed by atoms with van der Waals surface area (Å²) in [5.41, 5.74) is 7.64. The fourth-order valence-electron chi connectivity index (χ4n) is 4.80. The number of rotatable bonds is 10. The van der Waals surface area contributed by atoms with Gasteiger partial charge in [-0.3, -0.25) is 24.3 Å². The van der Waals surface area contributed by atoms with Gasteiger partial charge in [0.25, 0.3) is 5.91 Å². The van der Waals surface area contributed by atoms with Crippen LogP contribution in [0.4, 0.5) is 11.4 Å². The first-order valence-electron chi connectivity index (χ1n) is 15.7. The zero-order valence-electron chi connectivity index (χ0n) is 27.6. The average molecular weight is 650 g/mol. The Bertz CT molecular complexity index is 1770. The first-order valence-corrected chi connectivity index (χ1v) is 15.7. The Morgan fingerprint density at radius 2 is 1.62 bits per heavy atom. The number of para-hydroxylation sites is 1. The predicted octanol–water partition coefficient (Wildman–Crippen LogP) is 5.26. The second-order valence-electron chi connectivity index (χ2n) is 11.2. The summed E-state index contributed by atoms with van der Waals surface area (Å²) in [5, 5.41) is 9.05. The van der Waals surface area contributed by atoms with Crippen LogP contribution in [0.5, 0.6) is 0 Å². The minimum absolute atomic E-state index is 0.174. The molecule has 4 heterocycles. The number of fused-ring (bicyclic) bond motifs is 1. The zero-order valence-corrected chi connectivity index (χ0v) is 27.6. The zero-order chi connectivity index (χ0) is 34.1. The lowest BCUT2D eigenvalue weighted by Gasteiger charge is -2.26. The van der Waals surface area contributed by atoms with Crippen LogP contribution < -0.4 is 16.0 Å². The first-order chi connectivity index (χ1) is 23.3. The third-order valence-corrected chi connectivity index (χ3v) is 7.61. The van der Waals surface area contributed by atoms with Gasteiger partial charge in [0.05, 0.1) is 30.1 Å².